The van der Waals surface area contributed by atoms with Gasteiger partial charge in [-0.25, -0.2) is 0 Å². The van der Waals surface area contributed by atoms with Gasteiger partial charge < -0.3 is 4.74 Å². The van der Waals surface area contributed by atoms with Gasteiger partial charge in [-0.1, -0.05) is 161 Å². The van der Waals surface area contributed by atoms with E-state index in [-0.39, 0.29) is 10.8 Å². The number of ether oxygens (including phenoxy) is 1. The number of hydrogen-bond acceptors (Lipinski definition) is 1. The van der Waals surface area contributed by atoms with Crippen molar-refractivity contribution in [3.63, 3.8) is 0 Å². The van der Waals surface area contributed by atoms with E-state index in [1.165, 1.54) is 77.0 Å². The number of rotatable bonds is 20. The smallest absolute Gasteiger partial charge is 0.0653 e. The van der Waals surface area contributed by atoms with Gasteiger partial charge in [-0.2, -0.15) is 0 Å². The van der Waals surface area contributed by atoms with Gasteiger partial charge in [-0.15, -0.1) is 0 Å². The molecule has 0 aromatic rings. The minimum Gasteiger partial charge on any atom is -0.373 e. The molecule has 0 rings (SSSR count). The van der Waals surface area contributed by atoms with Gasteiger partial charge in [0.1, 0.15) is 0 Å². The average molecular weight is 523 g/mol. The van der Waals surface area contributed by atoms with E-state index in [0.717, 1.165) is 23.7 Å². The Balaban J connectivity index is 4.94. The van der Waals surface area contributed by atoms with Crippen LogP contribution in [0.4, 0.5) is 0 Å². The molecule has 0 aliphatic heterocycles. The zero-order valence-corrected chi connectivity index (χ0v) is 28.5. The van der Waals surface area contributed by atoms with Crippen LogP contribution >= 0.6 is 0 Å². The molecule has 0 saturated heterocycles. The SMILES string of the molecule is CC(C)CCC[C@H](C)CCC[C@@H](C)C(OC([C@H](C)CCC[C@@H](C)CCCC(C)C)C(C)(C)C)C(C)(C)C. The molecule has 0 aromatic heterocycles. The normalized spacial score (nSPS) is 18.2. The molecule has 0 aromatic carbocycles. The summed E-state index contributed by atoms with van der Waals surface area (Å²) >= 11 is 0. The van der Waals surface area contributed by atoms with E-state index in [9.17, 15) is 0 Å². The predicted molar refractivity (Wildman–Crippen MR) is 169 cm³/mol. The third-order valence-electron chi connectivity index (χ3n) is 8.70. The molecule has 0 saturated carbocycles. The van der Waals surface area contributed by atoms with E-state index >= 15 is 0 Å². The molecule has 0 radical (unpaired) electrons. The van der Waals surface area contributed by atoms with E-state index in [4.69, 9.17) is 4.74 Å². The lowest BCUT2D eigenvalue weighted by atomic mass is 9.76. The fourth-order valence-corrected chi connectivity index (χ4v) is 6.46. The second kappa shape index (κ2) is 18.3. The molecule has 37 heavy (non-hydrogen) atoms. The molecule has 0 heterocycles. The van der Waals surface area contributed by atoms with Crippen molar-refractivity contribution in [1.82, 2.24) is 0 Å². The van der Waals surface area contributed by atoms with Gasteiger partial charge in [0.15, 0.2) is 0 Å². The van der Waals surface area contributed by atoms with Crippen LogP contribution in [0.15, 0.2) is 0 Å². The van der Waals surface area contributed by atoms with E-state index in [2.05, 4.69) is 96.9 Å². The minimum absolute atomic E-state index is 0.163. The molecule has 1 nitrogen and oxygen atoms in total. The molecule has 6 atom stereocenters. The summed E-state index contributed by atoms with van der Waals surface area (Å²) in [4.78, 5) is 0. The van der Waals surface area contributed by atoms with Gasteiger partial charge in [-0.05, 0) is 59.2 Å². The molecular weight excluding hydrogens is 448 g/mol. The Bertz CT molecular complexity index is 486. The maximum Gasteiger partial charge on any atom is 0.0653 e. The highest BCUT2D eigenvalue weighted by molar-refractivity contribution is 4.86. The van der Waals surface area contributed by atoms with Crippen LogP contribution in [-0.4, -0.2) is 12.2 Å². The molecule has 2 unspecified atom stereocenters. The van der Waals surface area contributed by atoms with E-state index in [0.29, 0.717) is 24.0 Å². The highest BCUT2D eigenvalue weighted by Crippen LogP contribution is 2.39. The molecule has 0 aliphatic carbocycles. The summed E-state index contributed by atoms with van der Waals surface area (Å²) in [6.45, 7) is 33.6. The lowest BCUT2D eigenvalue weighted by molar-refractivity contribution is -0.148. The fourth-order valence-electron chi connectivity index (χ4n) is 6.46. The molecule has 1 heteroatoms. The van der Waals surface area contributed by atoms with Crippen molar-refractivity contribution in [1.29, 1.82) is 0 Å². The Hall–Kier alpha value is -0.0400. The van der Waals surface area contributed by atoms with Crippen LogP contribution in [0.5, 0.6) is 0 Å². The summed E-state index contributed by atoms with van der Waals surface area (Å²) in [7, 11) is 0. The molecule has 0 bridgehead atoms. The summed E-state index contributed by atoms with van der Waals surface area (Å²) in [6.07, 6.45) is 16.9. The van der Waals surface area contributed by atoms with Crippen molar-refractivity contribution < 1.29 is 4.74 Å². The first kappa shape index (κ1) is 37.0. The van der Waals surface area contributed by atoms with Gasteiger partial charge in [0.05, 0.1) is 12.2 Å². The van der Waals surface area contributed by atoms with Gasteiger partial charge in [0.25, 0.3) is 0 Å². The fraction of sp³-hybridized carbons (Fsp3) is 1.00. The summed E-state index contributed by atoms with van der Waals surface area (Å²) in [5.41, 5.74) is 0.326. The van der Waals surface area contributed by atoms with Gasteiger partial charge in [-0.3, -0.25) is 0 Å². The van der Waals surface area contributed by atoms with Crippen LogP contribution in [-0.2, 0) is 4.74 Å². The first-order valence-electron chi connectivity index (χ1n) is 16.6. The van der Waals surface area contributed by atoms with Gasteiger partial charge in [0.2, 0.25) is 0 Å². The van der Waals surface area contributed by atoms with Crippen LogP contribution < -0.4 is 0 Å². The molecule has 0 amide bonds. The van der Waals surface area contributed by atoms with Crippen LogP contribution in [0.1, 0.15) is 174 Å². The van der Waals surface area contributed by atoms with E-state index in [1.54, 1.807) is 0 Å². The second-order valence-corrected chi connectivity index (χ2v) is 16.4. The third kappa shape index (κ3) is 18.0. The quantitative estimate of drug-likeness (QED) is 0.154. The Morgan fingerprint density at radius 3 is 0.919 bits per heavy atom. The zero-order chi connectivity index (χ0) is 28.8. The predicted octanol–water partition coefficient (Wildman–Crippen LogP) is 12.4. The molecule has 0 aliphatic rings. The molecule has 0 spiro atoms. The number of hydrogen-bond donors (Lipinski definition) is 0. The minimum atomic E-state index is 0.163. The van der Waals surface area contributed by atoms with Crippen molar-refractivity contribution in [2.24, 2.45) is 46.3 Å². The van der Waals surface area contributed by atoms with Gasteiger partial charge >= 0.3 is 0 Å². The summed E-state index contributed by atoms with van der Waals surface area (Å²) in [5.74, 6) is 4.59. The largest absolute Gasteiger partial charge is 0.373 e. The zero-order valence-electron chi connectivity index (χ0n) is 28.5. The average Bonchev–Trinajstić information content (AvgIpc) is 2.71. The van der Waals surface area contributed by atoms with Crippen LogP contribution in [0.25, 0.3) is 0 Å². The topological polar surface area (TPSA) is 9.23 Å². The van der Waals surface area contributed by atoms with Crippen molar-refractivity contribution in [2.45, 2.75) is 186 Å². The maximum atomic E-state index is 7.20. The Morgan fingerprint density at radius 1 is 0.405 bits per heavy atom. The summed E-state index contributed by atoms with van der Waals surface area (Å²) in [5, 5.41) is 0. The monoisotopic (exact) mass is 523 g/mol. The van der Waals surface area contributed by atoms with E-state index < -0.39 is 0 Å². The van der Waals surface area contributed by atoms with Crippen molar-refractivity contribution in [3.8, 4) is 0 Å². The Kier molecular flexibility index (Phi) is 18.3. The molecule has 0 N–H and O–H groups in total. The lowest BCUT2D eigenvalue weighted by Crippen LogP contribution is -2.45. The first-order chi connectivity index (χ1) is 16.9. The second-order valence-electron chi connectivity index (χ2n) is 16.4. The highest BCUT2D eigenvalue weighted by atomic mass is 16.5. The molecule has 224 valence electrons. The standard InChI is InChI=1S/C36H74O/c1-27(2)19-15-21-29(5)23-17-25-31(7)33(35(9,10)11)37-34(36(12,13)14)32(8)26-18-24-30(6)22-16-20-28(3)4/h27-34H,15-26H2,1-14H3/t29-,30-,31+,32+,33?,34?/m0/s1. The van der Waals surface area contributed by atoms with E-state index in [1.807, 2.05) is 0 Å². The maximum absolute atomic E-state index is 7.20. The summed E-state index contributed by atoms with van der Waals surface area (Å²) in [6, 6.07) is 0. The first-order valence-corrected chi connectivity index (χ1v) is 16.6. The Morgan fingerprint density at radius 2 is 0.676 bits per heavy atom. The Labute approximate surface area is 237 Å². The van der Waals surface area contributed by atoms with Crippen molar-refractivity contribution in [3.05, 3.63) is 0 Å². The lowest BCUT2D eigenvalue weighted by Gasteiger charge is -2.44. The van der Waals surface area contributed by atoms with Crippen LogP contribution in [0, 0.1) is 46.3 Å². The molecule has 0 fully saturated rings. The van der Waals surface area contributed by atoms with Gasteiger partial charge in [0, 0.05) is 0 Å². The van der Waals surface area contributed by atoms with Crippen LogP contribution in [0.2, 0.25) is 0 Å². The summed E-state index contributed by atoms with van der Waals surface area (Å²) < 4.78 is 7.20. The molecular formula is C36H74O. The van der Waals surface area contributed by atoms with Crippen molar-refractivity contribution >= 4 is 0 Å². The third-order valence-corrected chi connectivity index (χ3v) is 8.70. The highest BCUT2D eigenvalue weighted by Gasteiger charge is 2.38. The van der Waals surface area contributed by atoms with Crippen molar-refractivity contribution in [2.75, 3.05) is 0 Å². The van der Waals surface area contributed by atoms with Crippen LogP contribution in [0.3, 0.4) is 0 Å².